The molecular weight excluding hydrogens is 350 g/mol. The van der Waals surface area contributed by atoms with Crippen molar-refractivity contribution < 1.29 is 18.8 Å². The predicted molar refractivity (Wildman–Crippen MR) is 102 cm³/mol. The molecule has 0 aromatic heterocycles. The van der Waals surface area contributed by atoms with Crippen molar-refractivity contribution in [3.63, 3.8) is 0 Å². The van der Waals surface area contributed by atoms with Gasteiger partial charge in [0, 0.05) is 41.6 Å². The zero-order chi connectivity index (χ0) is 18.5. The summed E-state index contributed by atoms with van der Waals surface area (Å²) >= 11 is 0. The highest BCUT2D eigenvalue weighted by Crippen LogP contribution is 2.34. The highest BCUT2D eigenvalue weighted by atomic mass is 32.2. The first-order valence-corrected chi connectivity index (χ1v) is 11.1. The van der Waals surface area contributed by atoms with Crippen molar-refractivity contribution in [2.45, 2.75) is 55.4 Å². The van der Waals surface area contributed by atoms with Crippen LogP contribution in [0.1, 0.15) is 50.0 Å². The Morgan fingerprint density at radius 3 is 2.27 bits per heavy atom. The Bertz CT molecular complexity index is 617. The summed E-state index contributed by atoms with van der Waals surface area (Å²) in [5.74, 6) is 1.07. The molecule has 1 amide bonds. The van der Waals surface area contributed by atoms with Gasteiger partial charge in [-0.2, -0.15) is 0 Å². The molecule has 3 rings (SSSR count). The number of amides is 1. The number of nitrogens with zero attached hydrogens (tertiary/aromatic N) is 1. The number of piperidine rings is 1. The molecule has 0 bridgehead atoms. The van der Waals surface area contributed by atoms with E-state index in [4.69, 9.17) is 9.84 Å². The number of rotatable bonds is 5. The zero-order valence-electron chi connectivity index (χ0n) is 15.4. The van der Waals surface area contributed by atoms with Crippen LogP contribution in [0.15, 0.2) is 29.2 Å². The van der Waals surface area contributed by atoms with Crippen LogP contribution in [-0.2, 0) is 15.5 Å². The van der Waals surface area contributed by atoms with Crippen LogP contribution in [0, 0.1) is 5.92 Å². The maximum Gasteiger partial charge on any atom is 0.407 e. The molecule has 0 spiro atoms. The van der Waals surface area contributed by atoms with Gasteiger partial charge in [-0.3, -0.25) is 4.21 Å². The zero-order valence-corrected chi connectivity index (χ0v) is 16.2. The van der Waals surface area contributed by atoms with E-state index < -0.39 is 16.9 Å². The molecule has 1 aliphatic heterocycles. The monoisotopic (exact) mass is 379 g/mol. The first kappa shape index (κ1) is 19.4. The van der Waals surface area contributed by atoms with Crippen LogP contribution in [0.25, 0.3) is 0 Å². The lowest BCUT2D eigenvalue weighted by molar-refractivity contribution is -0.00672. The van der Waals surface area contributed by atoms with Gasteiger partial charge in [0.15, 0.2) is 0 Å². The summed E-state index contributed by atoms with van der Waals surface area (Å²) in [6.07, 6.45) is 7.50. The van der Waals surface area contributed by atoms with E-state index in [2.05, 4.69) is 12.1 Å². The van der Waals surface area contributed by atoms with Crippen molar-refractivity contribution >= 4 is 16.9 Å². The van der Waals surface area contributed by atoms with Gasteiger partial charge >= 0.3 is 6.09 Å². The van der Waals surface area contributed by atoms with Gasteiger partial charge in [-0.1, -0.05) is 12.1 Å². The molecule has 26 heavy (non-hydrogen) atoms. The van der Waals surface area contributed by atoms with Gasteiger partial charge in [0.2, 0.25) is 0 Å². The maximum atomic E-state index is 11.5. The third-order valence-electron chi connectivity index (χ3n) is 5.81. The maximum absolute atomic E-state index is 11.5. The summed E-state index contributed by atoms with van der Waals surface area (Å²) in [6, 6.07) is 8.21. The van der Waals surface area contributed by atoms with E-state index in [1.807, 2.05) is 12.1 Å². The number of hydrogen-bond acceptors (Lipinski definition) is 3. The highest BCUT2D eigenvalue weighted by molar-refractivity contribution is 7.84. The van der Waals surface area contributed by atoms with Gasteiger partial charge in [0.05, 0.1) is 6.10 Å². The number of carboxylic acid groups (broad SMARTS) is 1. The minimum Gasteiger partial charge on any atom is -0.465 e. The number of ether oxygens (including phenoxy) is 1. The average Bonchev–Trinajstić information content (AvgIpc) is 2.67. The van der Waals surface area contributed by atoms with Crippen molar-refractivity contribution in [2.75, 3.05) is 26.0 Å². The molecule has 0 radical (unpaired) electrons. The molecule has 1 saturated carbocycles. The molecule has 2 fully saturated rings. The smallest absolute Gasteiger partial charge is 0.407 e. The van der Waals surface area contributed by atoms with Crippen LogP contribution in [0.2, 0.25) is 0 Å². The SMILES string of the molecule is CS(=O)c1ccc(C2CCC(OCC3CCN(C(=O)O)CC3)CC2)cc1. The van der Waals surface area contributed by atoms with Crippen molar-refractivity contribution in [3.8, 4) is 0 Å². The number of benzene rings is 1. The van der Waals surface area contributed by atoms with Gasteiger partial charge < -0.3 is 14.7 Å². The van der Waals surface area contributed by atoms with Crippen LogP contribution in [0.5, 0.6) is 0 Å². The van der Waals surface area contributed by atoms with Crippen molar-refractivity contribution in [3.05, 3.63) is 29.8 Å². The molecule has 1 unspecified atom stereocenters. The predicted octanol–water partition coefficient (Wildman–Crippen LogP) is 3.86. The second-order valence-electron chi connectivity index (χ2n) is 7.54. The standard InChI is InChI=1S/C20H29NO4S/c1-26(24)19-8-4-17(5-9-19)16-2-6-18(7-3-16)25-14-15-10-12-21(13-11-15)20(22)23/h4-5,8-9,15-16,18H,2-3,6-7,10-14H2,1H3,(H,22,23). The normalized spacial score (nSPS) is 25.8. The molecule has 1 aromatic rings. The van der Waals surface area contributed by atoms with Crippen molar-refractivity contribution in [2.24, 2.45) is 5.92 Å². The largest absolute Gasteiger partial charge is 0.465 e. The lowest BCUT2D eigenvalue weighted by atomic mass is 9.82. The third-order valence-corrected chi connectivity index (χ3v) is 6.75. The first-order valence-electron chi connectivity index (χ1n) is 9.55. The molecule has 1 aromatic carbocycles. The van der Waals surface area contributed by atoms with Crippen LogP contribution in [0.4, 0.5) is 4.79 Å². The summed E-state index contributed by atoms with van der Waals surface area (Å²) in [7, 11) is -0.914. The second kappa shape index (κ2) is 9.00. The molecule has 2 aliphatic rings. The molecule has 5 nitrogen and oxygen atoms in total. The van der Waals surface area contributed by atoms with E-state index >= 15 is 0 Å². The van der Waals surface area contributed by atoms with Crippen LogP contribution in [-0.4, -0.2) is 52.4 Å². The van der Waals surface area contributed by atoms with Gasteiger partial charge in [0.1, 0.15) is 0 Å². The Hall–Kier alpha value is -1.40. The fourth-order valence-electron chi connectivity index (χ4n) is 4.06. The highest BCUT2D eigenvalue weighted by Gasteiger charge is 2.26. The Balaban J connectivity index is 1.39. The molecule has 144 valence electrons. The van der Waals surface area contributed by atoms with Crippen molar-refractivity contribution in [1.29, 1.82) is 0 Å². The summed E-state index contributed by atoms with van der Waals surface area (Å²) in [6.45, 7) is 2.03. The van der Waals surface area contributed by atoms with E-state index in [1.54, 1.807) is 6.26 Å². The molecule has 1 heterocycles. The van der Waals surface area contributed by atoms with Crippen molar-refractivity contribution in [1.82, 2.24) is 4.90 Å². The molecular formula is C20H29NO4S. The molecule has 6 heteroatoms. The van der Waals surface area contributed by atoms with E-state index in [9.17, 15) is 9.00 Å². The molecule has 1 N–H and O–H groups in total. The number of likely N-dealkylation sites (tertiary alicyclic amines) is 1. The van der Waals surface area contributed by atoms with Crippen LogP contribution < -0.4 is 0 Å². The average molecular weight is 380 g/mol. The van der Waals surface area contributed by atoms with Gasteiger partial charge in [-0.25, -0.2) is 4.79 Å². The van der Waals surface area contributed by atoms with Gasteiger partial charge in [-0.15, -0.1) is 0 Å². The minimum atomic E-state index is -0.914. The van der Waals surface area contributed by atoms with Gasteiger partial charge in [0.25, 0.3) is 0 Å². The Kier molecular flexibility index (Phi) is 6.70. The van der Waals surface area contributed by atoms with E-state index in [0.717, 1.165) is 50.0 Å². The van der Waals surface area contributed by atoms with Gasteiger partial charge in [-0.05, 0) is 68.1 Å². The van der Waals surface area contributed by atoms with E-state index in [1.165, 1.54) is 10.5 Å². The number of hydrogen-bond donors (Lipinski definition) is 1. The second-order valence-corrected chi connectivity index (χ2v) is 8.92. The van der Waals surface area contributed by atoms with Crippen LogP contribution >= 0.6 is 0 Å². The van der Waals surface area contributed by atoms with E-state index in [-0.39, 0.29) is 0 Å². The lowest BCUT2D eigenvalue weighted by Crippen LogP contribution is -2.39. The fraction of sp³-hybridized carbons (Fsp3) is 0.650. The summed E-state index contributed by atoms with van der Waals surface area (Å²) in [5, 5.41) is 9.00. The number of carbonyl (C=O) groups is 1. The molecule has 1 aliphatic carbocycles. The Labute approximate surface area is 158 Å². The fourth-order valence-corrected chi connectivity index (χ4v) is 4.58. The lowest BCUT2D eigenvalue weighted by Gasteiger charge is -2.33. The van der Waals surface area contributed by atoms with Crippen LogP contribution in [0.3, 0.4) is 0 Å². The summed E-state index contributed by atoms with van der Waals surface area (Å²) < 4.78 is 17.6. The minimum absolute atomic E-state index is 0.339. The van der Waals surface area contributed by atoms with E-state index in [0.29, 0.717) is 31.0 Å². The first-order chi connectivity index (χ1) is 12.5. The molecule has 1 atom stereocenters. The summed E-state index contributed by atoms with van der Waals surface area (Å²) in [4.78, 5) is 13.3. The Morgan fingerprint density at radius 1 is 1.12 bits per heavy atom. The third kappa shape index (κ3) is 5.07. The molecule has 1 saturated heterocycles. The summed E-state index contributed by atoms with van der Waals surface area (Å²) in [5.41, 5.74) is 1.35. The Morgan fingerprint density at radius 2 is 1.73 bits per heavy atom. The quantitative estimate of drug-likeness (QED) is 0.844. The topological polar surface area (TPSA) is 66.8 Å².